The van der Waals surface area contributed by atoms with Crippen molar-refractivity contribution in [2.45, 2.75) is 20.3 Å². The normalized spacial score (nSPS) is 12.4. The van der Waals surface area contributed by atoms with Gasteiger partial charge in [0.1, 0.15) is 6.34 Å². The van der Waals surface area contributed by atoms with Crippen molar-refractivity contribution in [1.29, 1.82) is 5.41 Å². The first kappa shape index (κ1) is 8.08. The van der Waals surface area contributed by atoms with E-state index >= 15 is 0 Å². The Labute approximate surface area is 55.8 Å². The molecule has 0 aromatic carbocycles. The Morgan fingerprint density at radius 2 is 2.33 bits per heavy atom. The van der Waals surface area contributed by atoms with Crippen LogP contribution in [0.15, 0.2) is 16.6 Å². The van der Waals surface area contributed by atoms with E-state index < -0.39 is 0 Å². The molecule has 0 aliphatic heterocycles. The van der Waals surface area contributed by atoms with Crippen molar-refractivity contribution in [1.82, 2.24) is 0 Å². The summed E-state index contributed by atoms with van der Waals surface area (Å²) in [6.07, 6.45) is 5.61. The summed E-state index contributed by atoms with van der Waals surface area (Å²) >= 11 is 0. The van der Waals surface area contributed by atoms with Crippen LogP contribution in [-0.4, -0.2) is 12.6 Å². The molecule has 0 aromatic rings. The van der Waals surface area contributed by atoms with Crippen molar-refractivity contribution in [2.24, 2.45) is 4.99 Å². The van der Waals surface area contributed by atoms with E-state index in [-0.39, 0.29) is 0 Å². The Hall–Kier alpha value is -0.920. The lowest BCUT2D eigenvalue weighted by molar-refractivity contribution is 1.10. The first-order chi connectivity index (χ1) is 4.31. The summed E-state index contributed by atoms with van der Waals surface area (Å²) < 4.78 is 0. The predicted octanol–water partition coefficient (Wildman–Crippen LogP) is 2.02. The van der Waals surface area contributed by atoms with Crippen LogP contribution in [0, 0.1) is 5.41 Å². The Morgan fingerprint density at radius 1 is 1.67 bits per heavy atom. The highest BCUT2D eigenvalue weighted by Gasteiger charge is 1.76. The van der Waals surface area contributed by atoms with E-state index in [0.717, 1.165) is 12.8 Å². The molecule has 0 atom stereocenters. The number of hydrogen-bond acceptors (Lipinski definition) is 1. The van der Waals surface area contributed by atoms with Crippen LogP contribution in [0.4, 0.5) is 0 Å². The first-order valence-electron chi connectivity index (χ1n) is 2.99. The first-order valence-corrected chi connectivity index (χ1v) is 2.99. The third-order valence-electron chi connectivity index (χ3n) is 1.08. The minimum atomic E-state index is 1.03. The van der Waals surface area contributed by atoms with Gasteiger partial charge in [-0.2, -0.15) is 0 Å². The summed E-state index contributed by atoms with van der Waals surface area (Å²) in [5, 5.41) is 6.55. The van der Waals surface area contributed by atoms with Crippen LogP contribution in [0.25, 0.3) is 0 Å². The van der Waals surface area contributed by atoms with Crippen LogP contribution < -0.4 is 0 Å². The minimum Gasteiger partial charge on any atom is -0.290 e. The van der Waals surface area contributed by atoms with Gasteiger partial charge in [0.25, 0.3) is 0 Å². The molecule has 0 aliphatic rings. The van der Waals surface area contributed by atoms with Crippen LogP contribution in [0.1, 0.15) is 20.3 Å². The van der Waals surface area contributed by atoms with E-state index in [1.807, 2.05) is 13.0 Å². The van der Waals surface area contributed by atoms with Gasteiger partial charge < -0.3 is 0 Å². The summed E-state index contributed by atoms with van der Waals surface area (Å²) in [5.41, 5.74) is 1.28. The largest absolute Gasteiger partial charge is 0.290 e. The second-order valence-electron chi connectivity index (χ2n) is 1.79. The summed E-state index contributed by atoms with van der Waals surface area (Å²) in [5.74, 6) is 0. The van der Waals surface area contributed by atoms with Crippen LogP contribution in [0.5, 0.6) is 0 Å². The van der Waals surface area contributed by atoms with E-state index in [1.165, 1.54) is 5.57 Å². The molecule has 0 amide bonds. The molecule has 0 aliphatic carbocycles. The highest BCUT2D eigenvalue weighted by Crippen LogP contribution is 1.94. The van der Waals surface area contributed by atoms with E-state index in [1.54, 1.807) is 6.21 Å². The Bertz CT molecular complexity index is 134. The van der Waals surface area contributed by atoms with Gasteiger partial charge in [-0.1, -0.05) is 12.5 Å². The third-order valence-corrected chi connectivity index (χ3v) is 1.08. The molecule has 0 unspecified atom stereocenters. The summed E-state index contributed by atoms with van der Waals surface area (Å²) in [6.45, 7) is 4.13. The number of aliphatic imine (C=N–C) groups is 1. The fraction of sp³-hybridized carbons (Fsp3) is 0.429. The SMILES string of the molecule is CC/C(C)=C\C=NC=N. The fourth-order valence-corrected chi connectivity index (χ4v) is 0.331. The topological polar surface area (TPSA) is 36.2 Å². The van der Waals surface area contributed by atoms with Crippen LogP contribution >= 0.6 is 0 Å². The van der Waals surface area contributed by atoms with Crippen LogP contribution in [0.2, 0.25) is 0 Å². The molecule has 9 heavy (non-hydrogen) atoms. The van der Waals surface area contributed by atoms with Crippen molar-refractivity contribution < 1.29 is 0 Å². The van der Waals surface area contributed by atoms with Gasteiger partial charge in [0.2, 0.25) is 0 Å². The molecule has 0 spiro atoms. The second kappa shape index (κ2) is 5.22. The quantitative estimate of drug-likeness (QED) is 0.441. The molecule has 2 heteroatoms. The van der Waals surface area contributed by atoms with Crippen molar-refractivity contribution in [3.05, 3.63) is 11.6 Å². The molecule has 50 valence electrons. The molecule has 0 bridgehead atoms. The standard InChI is InChI=1S/C7H12N2/c1-3-7(2)4-5-9-6-8/h4-6,8H,3H2,1-2H3/b7-4-,8-6?,9-5?. The van der Waals surface area contributed by atoms with Gasteiger partial charge in [-0.3, -0.25) is 5.41 Å². The molecule has 0 radical (unpaired) electrons. The van der Waals surface area contributed by atoms with Gasteiger partial charge >= 0.3 is 0 Å². The molecule has 0 fully saturated rings. The summed E-state index contributed by atoms with van der Waals surface area (Å²) in [6, 6.07) is 0. The molecule has 0 aromatic heterocycles. The van der Waals surface area contributed by atoms with Crippen molar-refractivity contribution >= 4 is 12.6 Å². The van der Waals surface area contributed by atoms with E-state index in [2.05, 4.69) is 11.9 Å². The molecular formula is C7H12N2. The van der Waals surface area contributed by atoms with Crippen LogP contribution in [0.3, 0.4) is 0 Å². The zero-order chi connectivity index (χ0) is 7.11. The number of hydrogen-bond donors (Lipinski definition) is 1. The third kappa shape index (κ3) is 4.94. The average molecular weight is 124 g/mol. The maximum absolute atomic E-state index is 6.55. The maximum Gasteiger partial charge on any atom is 0.106 e. The summed E-state index contributed by atoms with van der Waals surface area (Å²) in [4.78, 5) is 3.60. The highest BCUT2D eigenvalue weighted by atomic mass is 14.7. The van der Waals surface area contributed by atoms with Crippen molar-refractivity contribution in [2.75, 3.05) is 0 Å². The second-order valence-corrected chi connectivity index (χ2v) is 1.79. The van der Waals surface area contributed by atoms with Crippen LogP contribution in [-0.2, 0) is 0 Å². The number of allylic oxidation sites excluding steroid dienone is 2. The highest BCUT2D eigenvalue weighted by molar-refractivity contribution is 5.79. The van der Waals surface area contributed by atoms with Gasteiger partial charge in [-0.05, 0) is 19.4 Å². The molecule has 1 N–H and O–H groups in total. The Balaban J connectivity index is 3.67. The minimum absolute atomic E-state index is 1.03. The monoisotopic (exact) mass is 124 g/mol. The molecule has 0 rings (SSSR count). The van der Waals surface area contributed by atoms with Gasteiger partial charge in [-0.25, -0.2) is 4.99 Å². The predicted molar refractivity (Wildman–Crippen MR) is 41.3 cm³/mol. The van der Waals surface area contributed by atoms with Gasteiger partial charge in [0.15, 0.2) is 0 Å². The maximum atomic E-state index is 6.55. The summed E-state index contributed by atoms with van der Waals surface area (Å²) in [7, 11) is 0. The molecular weight excluding hydrogens is 112 g/mol. The Morgan fingerprint density at radius 3 is 2.78 bits per heavy atom. The van der Waals surface area contributed by atoms with E-state index in [9.17, 15) is 0 Å². The molecule has 2 nitrogen and oxygen atoms in total. The number of nitrogens with one attached hydrogen (secondary N) is 1. The fourth-order valence-electron chi connectivity index (χ4n) is 0.331. The molecule has 0 heterocycles. The van der Waals surface area contributed by atoms with Gasteiger partial charge in [-0.15, -0.1) is 0 Å². The lowest BCUT2D eigenvalue weighted by atomic mass is 10.2. The number of rotatable bonds is 3. The molecule has 0 saturated carbocycles. The lowest BCUT2D eigenvalue weighted by Gasteiger charge is -1.86. The van der Waals surface area contributed by atoms with Gasteiger partial charge in [0.05, 0.1) is 0 Å². The van der Waals surface area contributed by atoms with E-state index in [0.29, 0.717) is 0 Å². The zero-order valence-electron chi connectivity index (χ0n) is 5.89. The van der Waals surface area contributed by atoms with Gasteiger partial charge in [0, 0.05) is 6.21 Å². The van der Waals surface area contributed by atoms with Crippen molar-refractivity contribution in [3.63, 3.8) is 0 Å². The number of nitrogens with zero attached hydrogens (tertiary/aromatic N) is 1. The van der Waals surface area contributed by atoms with Crippen molar-refractivity contribution in [3.8, 4) is 0 Å². The smallest absolute Gasteiger partial charge is 0.106 e. The molecule has 0 saturated heterocycles. The zero-order valence-corrected chi connectivity index (χ0v) is 5.89. The van der Waals surface area contributed by atoms with E-state index in [4.69, 9.17) is 5.41 Å². The average Bonchev–Trinajstić information content (AvgIpc) is 1.89. The lowest BCUT2D eigenvalue weighted by Crippen LogP contribution is -1.72. The Kier molecular flexibility index (Phi) is 4.69.